The van der Waals surface area contributed by atoms with Crippen LogP contribution in [-0.2, 0) is 34.6 Å². The van der Waals surface area contributed by atoms with E-state index >= 15 is 0 Å². The minimum Gasteiger partial charge on any atom is -0.457 e. The first-order valence-corrected chi connectivity index (χ1v) is 18.0. The number of benzene rings is 4. The maximum atomic E-state index is 13.5. The molecular weight excluding hydrogens is 621 g/mol. The number of fused-ring (bicyclic) bond motifs is 7. The summed E-state index contributed by atoms with van der Waals surface area (Å²) in [6.45, 7) is 4.45. The number of carbonyl (C=O) groups excluding carboxylic acids is 2. The number of Topliss-reactive ketones (excluding diaryl/α,β-unsaturated/α-hetero) is 2. The molecule has 0 radical (unpaired) electrons. The summed E-state index contributed by atoms with van der Waals surface area (Å²) in [7, 11) is -2.73. The number of allylic oxidation sites excluding steroid dienone is 8. The fourth-order valence-corrected chi connectivity index (χ4v) is 10.5. The molecule has 2 aliphatic heterocycles. The molecule has 0 N–H and O–H groups in total. The molecule has 0 aromatic heterocycles. The molecule has 4 nitrogen and oxygen atoms in total. The second kappa shape index (κ2) is 10.1. The first-order valence-electron chi connectivity index (χ1n) is 15.7. The largest absolute Gasteiger partial charge is 0.457 e. The Hall–Kier alpha value is -4.78. The first-order chi connectivity index (χ1) is 22.7. The lowest BCUT2D eigenvalue weighted by Gasteiger charge is -2.30. The smallest absolute Gasteiger partial charge is 0.170 e. The Balaban J connectivity index is 1.09. The number of rotatable bonds is 2. The number of hydrogen-bond acceptors (Lipinski definition) is 6. The van der Waals surface area contributed by atoms with Crippen molar-refractivity contribution in [3.05, 3.63) is 144 Å². The molecule has 4 aromatic carbocycles. The molecule has 0 amide bonds. The quantitative estimate of drug-likeness (QED) is 0.162. The van der Waals surface area contributed by atoms with Crippen molar-refractivity contribution in [1.29, 1.82) is 0 Å². The van der Waals surface area contributed by atoms with Crippen molar-refractivity contribution in [2.24, 2.45) is 11.8 Å². The van der Waals surface area contributed by atoms with Crippen molar-refractivity contribution < 1.29 is 18.0 Å². The van der Waals surface area contributed by atoms with Gasteiger partial charge in [0.05, 0.1) is 0 Å². The Kier molecular flexibility index (Phi) is 6.12. The SMILES string of the molecule is CC1(C)c2cc(-c3ccc4c(c3)C(=O)C3C=CC=CC3=[S-]4=O)ccc2-c2ccc(-c3ccc4c(c3)C(=O)C3C=CC=CC3=[S-]4=O)cc21. The Bertz CT molecular complexity index is 2300. The zero-order valence-corrected chi connectivity index (χ0v) is 27.3. The predicted molar refractivity (Wildman–Crippen MR) is 190 cm³/mol. The summed E-state index contributed by atoms with van der Waals surface area (Å²) in [4.78, 5) is 29.4. The molecule has 230 valence electrons. The standard InChI is InChI=1S/C41H28O4S2/c1-41(2)33-21-25(23-13-17-37-31(19-23)39(42)29-7-3-5-9-35(29)46(37)44)11-15-27(33)28-16-12-26(22-34(28)41)24-14-18-38-32(20-24)40(43)30-8-4-6-10-36(30)47(38)45/h3-22,29-30H,1-2H3/q-2. The molecule has 2 atom stereocenters. The molecule has 47 heavy (non-hydrogen) atoms. The fourth-order valence-electron chi connectivity index (χ4n) is 7.65. The van der Waals surface area contributed by atoms with Gasteiger partial charge in [-0.2, -0.15) is 0 Å². The molecule has 0 bridgehead atoms. The zero-order chi connectivity index (χ0) is 32.2. The van der Waals surface area contributed by atoms with Crippen molar-refractivity contribution in [3.63, 3.8) is 0 Å². The van der Waals surface area contributed by atoms with Gasteiger partial charge in [0.1, 0.15) is 0 Å². The van der Waals surface area contributed by atoms with E-state index in [0.29, 0.717) is 30.6 Å². The summed E-state index contributed by atoms with van der Waals surface area (Å²) in [5.74, 6) is -0.976. The normalized spacial score (nSPS) is 21.7. The van der Waals surface area contributed by atoms with Crippen LogP contribution >= 0.6 is 0 Å². The third kappa shape index (κ3) is 4.04. The van der Waals surface area contributed by atoms with Crippen LogP contribution in [0.25, 0.3) is 33.4 Å². The van der Waals surface area contributed by atoms with Crippen LogP contribution in [0.5, 0.6) is 0 Å². The van der Waals surface area contributed by atoms with E-state index in [4.69, 9.17) is 0 Å². The first kappa shape index (κ1) is 28.4. The molecule has 6 heteroatoms. The lowest BCUT2D eigenvalue weighted by Crippen LogP contribution is -2.29. The summed E-state index contributed by atoms with van der Waals surface area (Å²) < 4.78 is 26.6. The van der Waals surface area contributed by atoms with Gasteiger partial charge in [-0.25, -0.2) is 20.8 Å². The molecule has 3 aliphatic carbocycles. The van der Waals surface area contributed by atoms with Gasteiger partial charge < -0.3 is 8.42 Å². The van der Waals surface area contributed by atoms with Gasteiger partial charge in [-0.3, -0.25) is 9.59 Å². The average molecular weight is 649 g/mol. The molecular formula is C41H28O4S2-2. The van der Waals surface area contributed by atoms with Crippen molar-refractivity contribution in [1.82, 2.24) is 0 Å². The van der Waals surface area contributed by atoms with Crippen LogP contribution in [0.1, 0.15) is 45.7 Å². The maximum absolute atomic E-state index is 13.5. The number of ketones is 2. The van der Waals surface area contributed by atoms with Crippen LogP contribution < -0.4 is 0 Å². The van der Waals surface area contributed by atoms with Crippen LogP contribution in [0.15, 0.2) is 131 Å². The lowest BCUT2D eigenvalue weighted by atomic mass is 9.80. The Morgan fingerprint density at radius 3 is 1.36 bits per heavy atom. The van der Waals surface area contributed by atoms with Gasteiger partial charge in [0.2, 0.25) is 0 Å². The van der Waals surface area contributed by atoms with E-state index in [1.165, 1.54) is 22.3 Å². The summed E-state index contributed by atoms with van der Waals surface area (Å²) in [5, 5.41) is 0. The topological polar surface area (TPSA) is 68.3 Å². The zero-order valence-electron chi connectivity index (χ0n) is 25.7. The van der Waals surface area contributed by atoms with Crippen molar-refractivity contribution in [3.8, 4) is 33.4 Å². The van der Waals surface area contributed by atoms with Gasteiger partial charge in [0.15, 0.2) is 11.6 Å². The van der Waals surface area contributed by atoms with Gasteiger partial charge in [-0.05, 0) is 68.8 Å². The van der Waals surface area contributed by atoms with E-state index in [9.17, 15) is 18.0 Å². The summed E-state index contributed by atoms with van der Waals surface area (Å²) in [6, 6.07) is 24.4. The third-order valence-electron chi connectivity index (χ3n) is 10.2. The van der Waals surface area contributed by atoms with Crippen LogP contribution in [0.3, 0.4) is 0 Å². The highest BCUT2D eigenvalue weighted by Gasteiger charge is 2.36. The Morgan fingerprint density at radius 1 is 0.511 bits per heavy atom. The fraction of sp³-hybridized carbons (Fsp3) is 0.122. The highest BCUT2D eigenvalue weighted by Crippen LogP contribution is 2.51. The van der Waals surface area contributed by atoms with E-state index in [1.807, 2.05) is 72.9 Å². The molecule has 5 aliphatic rings. The minimum atomic E-state index is -1.36. The Morgan fingerprint density at radius 2 is 0.915 bits per heavy atom. The second-order valence-corrected chi connectivity index (χ2v) is 16.0. The Labute approximate surface area is 276 Å². The van der Waals surface area contributed by atoms with Crippen molar-refractivity contribution >= 4 is 42.1 Å². The van der Waals surface area contributed by atoms with Gasteiger partial charge in [-0.1, -0.05) is 111 Å². The monoisotopic (exact) mass is 648 g/mol. The molecule has 2 unspecified atom stereocenters. The molecule has 0 fully saturated rings. The number of carbonyl (C=O) groups is 2. The third-order valence-corrected chi connectivity index (χ3v) is 13.3. The van der Waals surface area contributed by atoms with E-state index in [2.05, 4.69) is 50.2 Å². The van der Waals surface area contributed by atoms with Crippen LogP contribution in [0, 0.1) is 11.8 Å². The molecule has 0 spiro atoms. The lowest BCUT2D eigenvalue weighted by molar-refractivity contribution is 0.0961. The predicted octanol–water partition coefficient (Wildman–Crippen LogP) is 8.19. The molecule has 0 saturated heterocycles. The van der Waals surface area contributed by atoms with Gasteiger partial charge >= 0.3 is 0 Å². The summed E-state index contributed by atoms with van der Waals surface area (Å²) in [6.07, 6.45) is 14.6. The maximum Gasteiger partial charge on any atom is 0.170 e. The minimum absolute atomic E-state index is 0.0146. The average Bonchev–Trinajstić information content (AvgIpc) is 3.34. The second-order valence-electron chi connectivity index (χ2n) is 13.1. The van der Waals surface area contributed by atoms with Crippen molar-refractivity contribution in [2.75, 3.05) is 0 Å². The van der Waals surface area contributed by atoms with Crippen LogP contribution in [-0.4, -0.2) is 21.3 Å². The highest BCUT2D eigenvalue weighted by molar-refractivity contribution is 7.86. The number of hydrogen-bond donors (Lipinski definition) is 0. The molecule has 4 aromatic rings. The molecule has 0 saturated carbocycles. The highest BCUT2D eigenvalue weighted by atomic mass is 32.2. The van der Waals surface area contributed by atoms with Crippen molar-refractivity contribution in [2.45, 2.75) is 29.1 Å². The summed E-state index contributed by atoms with van der Waals surface area (Å²) in [5.41, 5.74) is 9.33. The molecule has 2 heterocycles. The van der Waals surface area contributed by atoms with Gasteiger partial charge in [-0.15, -0.1) is 19.5 Å². The van der Waals surface area contributed by atoms with Gasteiger partial charge in [0.25, 0.3) is 0 Å². The molecule has 9 rings (SSSR count). The van der Waals surface area contributed by atoms with E-state index in [1.54, 1.807) is 12.2 Å². The van der Waals surface area contributed by atoms with Crippen LogP contribution in [0.4, 0.5) is 0 Å². The van der Waals surface area contributed by atoms with Crippen LogP contribution in [0.2, 0.25) is 0 Å². The van der Waals surface area contributed by atoms with E-state index in [-0.39, 0.29) is 17.0 Å². The van der Waals surface area contributed by atoms with E-state index < -0.39 is 32.6 Å². The van der Waals surface area contributed by atoms with Gasteiger partial charge in [0, 0.05) is 28.4 Å². The summed E-state index contributed by atoms with van der Waals surface area (Å²) >= 11 is 0. The van der Waals surface area contributed by atoms with E-state index in [0.717, 1.165) is 22.3 Å².